The summed E-state index contributed by atoms with van der Waals surface area (Å²) in [5, 5.41) is 3.24. The molecular formula is C16H24FN3O. The fourth-order valence-electron chi connectivity index (χ4n) is 2.69. The Balaban J connectivity index is 2.05. The molecule has 5 heteroatoms. The molecule has 4 nitrogen and oxygen atoms in total. The van der Waals surface area contributed by atoms with Crippen LogP contribution in [0, 0.1) is 5.82 Å². The van der Waals surface area contributed by atoms with Gasteiger partial charge in [-0.15, -0.1) is 0 Å². The summed E-state index contributed by atoms with van der Waals surface area (Å²) in [5.41, 5.74) is 0.625. The molecule has 0 aromatic heterocycles. The highest BCUT2D eigenvalue weighted by atomic mass is 19.1. The van der Waals surface area contributed by atoms with E-state index in [0.717, 1.165) is 26.2 Å². The Labute approximate surface area is 125 Å². The zero-order valence-corrected chi connectivity index (χ0v) is 13.0. The summed E-state index contributed by atoms with van der Waals surface area (Å²) in [6.07, 6.45) is 0. The molecule has 1 aliphatic heterocycles. The Morgan fingerprint density at radius 2 is 1.90 bits per heavy atom. The molecule has 1 aliphatic rings. The average Bonchev–Trinajstić information content (AvgIpc) is 2.53. The molecule has 21 heavy (non-hydrogen) atoms. The topological polar surface area (TPSA) is 35.6 Å². The summed E-state index contributed by atoms with van der Waals surface area (Å²) in [6, 6.07) is 6.33. The summed E-state index contributed by atoms with van der Waals surface area (Å²) >= 11 is 0. The van der Waals surface area contributed by atoms with Crippen molar-refractivity contribution in [3.8, 4) is 0 Å². The van der Waals surface area contributed by atoms with E-state index in [0.29, 0.717) is 5.56 Å². The number of rotatable bonds is 4. The minimum absolute atomic E-state index is 0.113. The molecule has 2 atom stereocenters. The zero-order chi connectivity index (χ0) is 15.4. The van der Waals surface area contributed by atoms with E-state index in [1.165, 1.54) is 6.07 Å². The minimum atomic E-state index is -0.266. The van der Waals surface area contributed by atoms with Gasteiger partial charge < -0.3 is 10.2 Å². The van der Waals surface area contributed by atoms with Crippen LogP contribution in [0.25, 0.3) is 0 Å². The van der Waals surface area contributed by atoms with Crippen LogP contribution in [-0.4, -0.2) is 55.0 Å². The summed E-state index contributed by atoms with van der Waals surface area (Å²) < 4.78 is 13.9. The van der Waals surface area contributed by atoms with Gasteiger partial charge in [0.2, 0.25) is 5.91 Å². The molecule has 1 aromatic rings. The quantitative estimate of drug-likeness (QED) is 0.916. The smallest absolute Gasteiger partial charge is 0.239 e. The standard InChI is InChI=1S/C16H24FN3O/c1-12(14-6-4-5-7-15(14)17)19(3)13(2)16(21)20-10-8-18-9-11-20/h4-7,12-13,18H,8-11H2,1-3H3. The van der Waals surface area contributed by atoms with Gasteiger partial charge in [-0.1, -0.05) is 18.2 Å². The number of amides is 1. The first-order valence-corrected chi connectivity index (χ1v) is 7.48. The molecule has 2 unspecified atom stereocenters. The normalized spacial score (nSPS) is 18.6. The Hall–Kier alpha value is -1.46. The van der Waals surface area contributed by atoms with E-state index < -0.39 is 0 Å². The summed E-state index contributed by atoms with van der Waals surface area (Å²) in [7, 11) is 1.88. The van der Waals surface area contributed by atoms with E-state index in [2.05, 4.69) is 5.32 Å². The van der Waals surface area contributed by atoms with Gasteiger partial charge in [0.25, 0.3) is 0 Å². The lowest BCUT2D eigenvalue weighted by Crippen LogP contribution is -2.52. The van der Waals surface area contributed by atoms with E-state index in [9.17, 15) is 9.18 Å². The van der Waals surface area contributed by atoms with E-state index in [1.807, 2.05) is 36.8 Å². The molecule has 116 valence electrons. The van der Waals surface area contributed by atoms with Crippen molar-refractivity contribution in [1.82, 2.24) is 15.1 Å². The maximum Gasteiger partial charge on any atom is 0.239 e. The molecule has 0 aliphatic carbocycles. The van der Waals surface area contributed by atoms with Crippen molar-refractivity contribution < 1.29 is 9.18 Å². The van der Waals surface area contributed by atoms with Crippen LogP contribution in [0.5, 0.6) is 0 Å². The van der Waals surface area contributed by atoms with E-state index in [4.69, 9.17) is 0 Å². The number of nitrogens with zero attached hydrogens (tertiary/aromatic N) is 2. The number of hydrogen-bond donors (Lipinski definition) is 1. The Morgan fingerprint density at radius 3 is 2.52 bits per heavy atom. The number of piperazine rings is 1. The van der Waals surface area contributed by atoms with E-state index >= 15 is 0 Å². The van der Waals surface area contributed by atoms with Gasteiger partial charge in [-0.05, 0) is 27.0 Å². The van der Waals surface area contributed by atoms with Crippen LogP contribution in [0.3, 0.4) is 0 Å². The van der Waals surface area contributed by atoms with Crippen LogP contribution in [0.2, 0.25) is 0 Å². The number of likely N-dealkylation sites (N-methyl/N-ethyl adjacent to an activating group) is 1. The first-order chi connectivity index (χ1) is 10.0. The summed E-state index contributed by atoms with van der Waals surface area (Å²) in [6.45, 7) is 6.98. The number of carbonyl (C=O) groups is 1. The fraction of sp³-hybridized carbons (Fsp3) is 0.562. The summed E-state index contributed by atoms with van der Waals surface area (Å²) in [4.78, 5) is 16.3. The second-order valence-corrected chi connectivity index (χ2v) is 5.61. The highest BCUT2D eigenvalue weighted by Gasteiger charge is 2.28. The van der Waals surface area contributed by atoms with Crippen LogP contribution < -0.4 is 5.32 Å². The molecule has 1 N–H and O–H groups in total. The van der Waals surface area contributed by atoms with Gasteiger partial charge in [-0.25, -0.2) is 4.39 Å². The van der Waals surface area contributed by atoms with Crippen molar-refractivity contribution in [3.63, 3.8) is 0 Å². The maximum absolute atomic E-state index is 13.9. The Morgan fingerprint density at radius 1 is 1.29 bits per heavy atom. The van der Waals surface area contributed by atoms with E-state index in [1.54, 1.807) is 12.1 Å². The number of halogens is 1. The maximum atomic E-state index is 13.9. The van der Waals surface area contributed by atoms with Crippen molar-refractivity contribution in [3.05, 3.63) is 35.6 Å². The van der Waals surface area contributed by atoms with Gasteiger partial charge in [-0.3, -0.25) is 9.69 Å². The number of nitrogens with one attached hydrogen (secondary N) is 1. The van der Waals surface area contributed by atoms with Gasteiger partial charge in [0.1, 0.15) is 5.82 Å². The SMILES string of the molecule is CC(C(=O)N1CCNCC1)N(C)C(C)c1ccccc1F. The third-order valence-corrected chi connectivity index (χ3v) is 4.36. The Kier molecular flexibility index (Phi) is 5.31. The largest absolute Gasteiger partial charge is 0.339 e. The van der Waals surface area contributed by atoms with Crippen LogP contribution in [0.15, 0.2) is 24.3 Å². The Bertz CT molecular complexity index is 488. The monoisotopic (exact) mass is 293 g/mol. The zero-order valence-electron chi connectivity index (χ0n) is 13.0. The molecule has 1 saturated heterocycles. The molecule has 0 radical (unpaired) electrons. The van der Waals surface area contributed by atoms with Gasteiger partial charge in [0, 0.05) is 37.8 Å². The fourth-order valence-corrected chi connectivity index (χ4v) is 2.69. The predicted molar refractivity (Wildman–Crippen MR) is 81.5 cm³/mol. The third kappa shape index (κ3) is 3.60. The molecular weight excluding hydrogens is 269 g/mol. The van der Waals surface area contributed by atoms with Gasteiger partial charge in [0.15, 0.2) is 0 Å². The highest BCUT2D eigenvalue weighted by Crippen LogP contribution is 2.23. The van der Waals surface area contributed by atoms with Crippen molar-refractivity contribution in [2.45, 2.75) is 25.9 Å². The van der Waals surface area contributed by atoms with Crippen LogP contribution in [0.4, 0.5) is 4.39 Å². The first-order valence-electron chi connectivity index (χ1n) is 7.48. The molecule has 1 fully saturated rings. The molecule has 2 rings (SSSR count). The highest BCUT2D eigenvalue weighted by molar-refractivity contribution is 5.81. The minimum Gasteiger partial charge on any atom is -0.339 e. The lowest BCUT2D eigenvalue weighted by Gasteiger charge is -2.35. The average molecular weight is 293 g/mol. The predicted octanol–water partition coefficient (Wildman–Crippen LogP) is 1.64. The van der Waals surface area contributed by atoms with Crippen molar-refractivity contribution in [1.29, 1.82) is 0 Å². The second-order valence-electron chi connectivity index (χ2n) is 5.61. The summed E-state index contributed by atoms with van der Waals surface area (Å²) in [5.74, 6) is -0.110. The molecule has 0 saturated carbocycles. The van der Waals surface area contributed by atoms with Crippen molar-refractivity contribution in [2.24, 2.45) is 0 Å². The van der Waals surface area contributed by atoms with E-state index in [-0.39, 0.29) is 23.8 Å². The first kappa shape index (κ1) is 15.9. The van der Waals surface area contributed by atoms with Gasteiger partial charge in [-0.2, -0.15) is 0 Å². The van der Waals surface area contributed by atoms with Gasteiger partial charge in [0.05, 0.1) is 6.04 Å². The van der Waals surface area contributed by atoms with Crippen LogP contribution >= 0.6 is 0 Å². The number of hydrogen-bond acceptors (Lipinski definition) is 3. The van der Waals surface area contributed by atoms with Crippen molar-refractivity contribution >= 4 is 5.91 Å². The number of benzene rings is 1. The van der Waals surface area contributed by atoms with Gasteiger partial charge >= 0.3 is 0 Å². The molecule has 1 heterocycles. The van der Waals surface area contributed by atoms with Crippen molar-refractivity contribution in [2.75, 3.05) is 33.2 Å². The van der Waals surface area contributed by atoms with Crippen LogP contribution in [0.1, 0.15) is 25.5 Å². The third-order valence-electron chi connectivity index (χ3n) is 4.36. The lowest BCUT2D eigenvalue weighted by molar-refractivity contribution is -0.137. The number of carbonyl (C=O) groups excluding carboxylic acids is 1. The molecule has 1 amide bonds. The second kappa shape index (κ2) is 7.00. The molecule has 0 spiro atoms. The molecule has 0 bridgehead atoms. The molecule has 1 aromatic carbocycles. The van der Waals surface area contributed by atoms with Crippen LogP contribution in [-0.2, 0) is 4.79 Å². The lowest BCUT2D eigenvalue weighted by atomic mass is 10.0.